The van der Waals surface area contributed by atoms with Crippen molar-refractivity contribution >= 4 is 39.5 Å². The monoisotopic (exact) mass is 1330 g/mol. The summed E-state index contributed by atoms with van der Waals surface area (Å²) in [5.74, 6) is -1.34. The van der Waals surface area contributed by atoms with E-state index >= 15 is 0 Å². The van der Waals surface area contributed by atoms with Gasteiger partial charge in [0.15, 0.2) is 12.2 Å². The van der Waals surface area contributed by atoms with Crippen LogP contribution in [0.1, 0.15) is 349 Å². The minimum atomic E-state index is -4.96. The molecule has 0 aliphatic heterocycles. The van der Waals surface area contributed by atoms with Crippen molar-refractivity contribution < 1.29 is 80.2 Å². The Labute approximate surface area is 554 Å². The van der Waals surface area contributed by atoms with E-state index in [1.54, 1.807) is 0 Å². The fraction of sp³-hybridized carbons (Fsp3) is 0.889. The van der Waals surface area contributed by atoms with Gasteiger partial charge in [-0.15, -0.1) is 0 Å². The third-order valence-corrected chi connectivity index (χ3v) is 18.1. The molecule has 5 atom stereocenters. The van der Waals surface area contributed by atoms with E-state index in [0.29, 0.717) is 25.7 Å². The van der Waals surface area contributed by atoms with Gasteiger partial charge in [0.05, 0.1) is 26.4 Å². The summed E-state index contributed by atoms with van der Waals surface area (Å²) >= 11 is 0. The highest BCUT2D eigenvalue weighted by Crippen LogP contribution is 2.45. The van der Waals surface area contributed by atoms with Gasteiger partial charge < -0.3 is 33.8 Å². The van der Waals surface area contributed by atoms with Crippen molar-refractivity contribution in [2.45, 2.75) is 368 Å². The first kappa shape index (κ1) is 88.5. The van der Waals surface area contributed by atoms with Crippen LogP contribution < -0.4 is 0 Å². The minimum Gasteiger partial charge on any atom is -0.462 e. The highest BCUT2D eigenvalue weighted by molar-refractivity contribution is 7.47. The number of phosphoric acid groups is 2. The Morgan fingerprint density at radius 2 is 0.593 bits per heavy atom. The molecule has 0 radical (unpaired) electrons. The van der Waals surface area contributed by atoms with Gasteiger partial charge >= 0.3 is 39.5 Å². The molecular weight excluding hydrogens is 1200 g/mol. The zero-order chi connectivity index (χ0) is 67.0. The molecule has 0 spiro atoms. The van der Waals surface area contributed by atoms with E-state index in [4.69, 9.17) is 37.0 Å². The Morgan fingerprint density at radius 1 is 0.341 bits per heavy atom. The first-order valence-corrected chi connectivity index (χ1v) is 39.9. The van der Waals surface area contributed by atoms with Crippen molar-refractivity contribution in [3.8, 4) is 0 Å². The second-order valence-corrected chi connectivity index (χ2v) is 28.7. The first-order chi connectivity index (χ1) is 44.0. The molecule has 0 aromatic heterocycles. The largest absolute Gasteiger partial charge is 0.472 e. The Balaban J connectivity index is 5.17. The van der Waals surface area contributed by atoms with Crippen LogP contribution in [0.25, 0.3) is 0 Å². The molecule has 0 heterocycles. The van der Waals surface area contributed by atoms with Crippen LogP contribution in [0.3, 0.4) is 0 Å². The van der Waals surface area contributed by atoms with Crippen molar-refractivity contribution in [2.75, 3.05) is 39.6 Å². The molecular formula is C72H136O17P2. The maximum Gasteiger partial charge on any atom is 0.472 e. The number of carbonyl (C=O) groups excluding carboxylic acids is 4. The molecule has 17 nitrogen and oxygen atoms in total. The lowest BCUT2D eigenvalue weighted by atomic mass is 10.0. The number of unbranched alkanes of at least 4 members (excludes halogenated alkanes) is 39. The summed E-state index contributed by atoms with van der Waals surface area (Å²) in [6.45, 7) is 7.15. The van der Waals surface area contributed by atoms with Gasteiger partial charge in [-0.2, -0.15) is 0 Å². The summed E-state index contributed by atoms with van der Waals surface area (Å²) in [4.78, 5) is 72.3. The molecule has 0 saturated carbocycles. The number of phosphoric ester groups is 2. The van der Waals surface area contributed by atoms with Crippen LogP contribution in [-0.2, 0) is 65.4 Å². The molecule has 0 rings (SSSR count). The van der Waals surface area contributed by atoms with Crippen LogP contribution in [0.4, 0.5) is 0 Å². The molecule has 91 heavy (non-hydrogen) atoms. The maximum absolute atomic E-state index is 13.0. The van der Waals surface area contributed by atoms with E-state index in [1.165, 1.54) is 135 Å². The summed E-state index contributed by atoms with van der Waals surface area (Å²) in [5, 5.41) is 10.6. The molecule has 0 bridgehead atoms. The summed E-state index contributed by atoms with van der Waals surface area (Å²) in [6, 6.07) is 0. The normalized spacial score (nSPS) is 14.2. The highest BCUT2D eigenvalue weighted by Gasteiger charge is 2.30. The second kappa shape index (κ2) is 64.9. The second-order valence-electron chi connectivity index (χ2n) is 25.8. The quantitative estimate of drug-likeness (QED) is 0.0169. The molecule has 2 unspecified atom stereocenters. The van der Waals surface area contributed by atoms with Gasteiger partial charge in [0.2, 0.25) is 0 Å². The van der Waals surface area contributed by atoms with E-state index < -0.39 is 97.5 Å². The predicted octanol–water partition coefficient (Wildman–Crippen LogP) is 20.5. The van der Waals surface area contributed by atoms with Gasteiger partial charge in [-0.1, -0.05) is 296 Å². The number of aliphatic hydroxyl groups excluding tert-OH is 1. The van der Waals surface area contributed by atoms with Crippen LogP contribution in [0, 0.1) is 5.92 Å². The molecule has 19 heteroatoms. The van der Waals surface area contributed by atoms with Crippen molar-refractivity contribution in [3.63, 3.8) is 0 Å². The molecule has 536 valence electrons. The zero-order valence-corrected chi connectivity index (χ0v) is 60.3. The molecule has 0 aliphatic carbocycles. The van der Waals surface area contributed by atoms with Gasteiger partial charge in [-0.3, -0.25) is 37.3 Å². The number of esters is 4. The van der Waals surface area contributed by atoms with E-state index in [2.05, 4.69) is 58.9 Å². The Kier molecular flexibility index (Phi) is 63.1. The number of ether oxygens (including phenoxy) is 4. The number of aliphatic hydroxyl groups is 1. The van der Waals surface area contributed by atoms with Crippen molar-refractivity contribution in [3.05, 3.63) is 24.3 Å². The number of carbonyl (C=O) groups is 4. The predicted molar refractivity (Wildman–Crippen MR) is 368 cm³/mol. The fourth-order valence-corrected chi connectivity index (χ4v) is 12.0. The number of hydrogen-bond donors (Lipinski definition) is 3. The summed E-state index contributed by atoms with van der Waals surface area (Å²) in [7, 11) is -9.90. The number of rotatable bonds is 70. The average molecular weight is 1340 g/mol. The van der Waals surface area contributed by atoms with Gasteiger partial charge in [-0.25, -0.2) is 9.13 Å². The van der Waals surface area contributed by atoms with E-state index in [1.807, 2.05) is 0 Å². The van der Waals surface area contributed by atoms with E-state index in [9.17, 15) is 43.2 Å². The van der Waals surface area contributed by atoms with Crippen LogP contribution in [0.5, 0.6) is 0 Å². The smallest absolute Gasteiger partial charge is 0.462 e. The lowest BCUT2D eigenvalue weighted by Gasteiger charge is -2.21. The molecule has 0 saturated heterocycles. The Bertz CT molecular complexity index is 1850. The van der Waals surface area contributed by atoms with E-state index in [0.717, 1.165) is 134 Å². The molecule has 0 aliphatic rings. The Hall–Kier alpha value is -2.46. The van der Waals surface area contributed by atoms with Crippen LogP contribution in [0.2, 0.25) is 0 Å². The Morgan fingerprint density at radius 3 is 0.901 bits per heavy atom. The van der Waals surface area contributed by atoms with E-state index in [-0.39, 0.29) is 25.7 Å². The van der Waals surface area contributed by atoms with Gasteiger partial charge in [0.1, 0.15) is 19.3 Å². The first-order valence-electron chi connectivity index (χ1n) is 37.0. The zero-order valence-electron chi connectivity index (χ0n) is 58.5. The number of allylic oxidation sites excluding steroid dienone is 4. The van der Waals surface area contributed by atoms with Gasteiger partial charge in [0.25, 0.3) is 0 Å². The lowest BCUT2D eigenvalue weighted by molar-refractivity contribution is -0.161. The van der Waals surface area contributed by atoms with Crippen LogP contribution >= 0.6 is 15.6 Å². The molecule has 0 fully saturated rings. The average Bonchev–Trinajstić information content (AvgIpc) is 3.38. The van der Waals surface area contributed by atoms with Gasteiger partial charge in [-0.05, 0) is 57.3 Å². The maximum atomic E-state index is 13.0. The van der Waals surface area contributed by atoms with Crippen molar-refractivity contribution in [1.29, 1.82) is 0 Å². The summed E-state index contributed by atoms with van der Waals surface area (Å²) in [6.07, 6.45) is 55.3. The van der Waals surface area contributed by atoms with Crippen molar-refractivity contribution in [1.82, 2.24) is 0 Å². The summed E-state index contributed by atoms with van der Waals surface area (Å²) < 4.78 is 68.1. The fourth-order valence-electron chi connectivity index (χ4n) is 10.5. The third-order valence-electron chi connectivity index (χ3n) is 16.2. The van der Waals surface area contributed by atoms with Gasteiger partial charge in [0, 0.05) is 25.7 Å². The minimum absolute atomic E-state index is 0.101. The standard InChI is InChI=1S/C72H136O17P2/c1-6-9-12-15-18-20-21-22-27-31-34-37-42-46-51-56-70(75)83-62-68(89-72(77)58-53-48-43-38-35-32-29-26-24-23-25-28-30-33-36-40-44-49-54-65(4)5)64-87-91(80,81)85-60-66(73)59-84-90(78,79)86-63-67(61-82-69(74)55-50-45-39-17-14-11-8-3)88-71(76)57-52-47-41-19-16-13-10-7-2/h20-22,27,65-68,73H,6-19,23-26,28-64H2,1-5H3,(H,78,79)(H,80,81)/b21-20-,27-22-/t66-,67+,68+/m0/s1. The topological polar surface area (TPSA) is 237 Å². The van der Waals surface area contributed by atoms with Crippen molar-refractivity contribution in [2.24, 2.45) is 5.92 Å². The lowest BCUT2D eigenvalue weighted by Crippen LogP contribution is -2.30. The van der Waals surface area contributed by atoms with Crippen LogP contribution in [-0.4, -0.2) is 96.7 Å². The molecule has 0 aromatic rings. The molecule has 0 aromatic carbocycles. The number of hydrogen-bond acceptors (Lipinski definition) is 15. The van der Waals surface area contributed by atoms with Crippen LogP contribution in [0.15, 0.2) is 24.3 Å². The third kappa shape index (κ3) is 66.0. The molecule has 3 N–H and O–H groups in total. The summed E-state index contributed by atoms with van der Waals surface area (Å²) in [5.41, 5.74) is 0. The SMILES string of the molecule is CCCCCC/C=C\C=C/CCCCCCCC(=O)OC[C@H](COP(=O)(O)OC[C@@H](O)COP(=O)(O)OC[C@@H](COC(=O)CCCCCCCCC)OC(=O)CCCCCCCCCC)OC(=O)CCCCCCCCCCCCCCCCCCCCC(C)C. The highest BCUT2D eigenvalue weighted by atomic mass is 31.2. The molecule has 0 amide bonds.